The molecule has 8 unspecified atom stereocenters. The lowest BCUT2D eigenvalue weighted by atomic mass is 9.99. The molecule has 0 aromatic rings. The molecule has 0 radical (unpaired) electrons. The maximum Gasteiger partial charge on any atom is 0.306 e. The van der Waals surface area contributed by atoms with Crippen molar-refractivity contribution >= 4 is 11.9 Å². The van der Waals surface area contributed by atoms with Crippen LogP contribution in [-0.4, -0.2) is 99.6 Å². The van der Waals surface area contributed by atoms with Gasteiger partial charge in [-0.1, -0.05) is 306 Å². The maximum absolute atomic E-state index is 13.5. The standard InChI is InChI=1S/C75H137NO10/c1-4-7-10-13-16-19-22-25-27-29-31-33-34-35-37-38-40-42-44-47-50-53-56-59-62-68(79)74(83)76-66(67(78)61-58-55-52-49-46-24-21-18-15-12-9-6-3)65-84-75-73(72(82)71(81)69(64-77)85-75)86-70(80)63-60-57-54-51-48-45-43-41-39-36-32-30-28-26-23-20-17-14-11-8-5-2/h16-17,19-20,25-28,58,61,66-69,71-73,75,77-79,81-82H,4-15,18,21-24,29-57,59-60,62-65H2,1-3H3,(H,76,83)/b19-16-,20-17-,27-25-,28-26-,61-58+. The number of rotatable bonds is 63. The Morgan fingerprint density at radius 2 is 0.802 bits per heavy atom. The van der Waals surface area contributed by atoms with E-state index >= 15 is 0 Å². The number of ether oxygens (including phenoxy) is 3. The van der Waals surface area contributed by atoms with Crippen LogP contribution in [0.5, 0.6) is 0 Å². The summed E-state index contributed by atoms with van der Waals surface area (Å²) in [5.74, 6) is -1.19. The number of aliphatic hydroxyl groups is 5. The van der Waals surface area contributed by atoms with Crippen molar-refractivity contribution in [2.24, 2.45) is 0 Å². The first kappa shape index (κ1) is 81.4. The molecule has 1 fully saturated rings. The number of amides is 1. The van der Waals surface area contributed by atoms with Crippen LogP contribution in [0.15, 0.2) is 60.8 Å². The van der Waals surface area contributed by atoms with Gasteiger partial charge in [-0.2, -0.15) is 0 Å². The first-order chi connectivity index (χ1) is 42.2. The van der Waals surface area contributed by atoms with Crippen molar-refractivity contribution in [1.82, 2.24) is 5.32 Å². The summed E-state index contributed by atoms with van der Waals surface area (Å²) >= 11 is 0. The minimum Gasteiger partial charge on any atom is -0.454 e. The zero-order valence-corrected chi connectivity index (χ0v) is 55.9. The van der Waals surface area contributed by atoms with Gasteiger partial charge in [0.05, 0.1) is 25.4 Å². The minimum atomic E-state index is -1.62. The summed E-state index contributed by atoms with van der Waals surface area (Å²) in [4.78, 5) is 26.7. The summed E-state index contributed by atoms with van der Waals surface area (Å²) in [5.41, 5.74) is 0. The van der Waals surface area contributed by atoms with E-state index in [1.165, 1.54) is 225 Å². The van der Waals surface area contributed by atoms with E-state index in [0.29, 0.717) is 19.3 Å². The average molecular weight is 1210 g/mol. The summed E-state index contributed by atoms with van der Waals surface area (Å²) < 4.78 is 17.7. The van der Waals surface area contributed by atoms with Gasteiger partial charge in [0.1, 0.15) is 24.4 Å². The number of carbonyl (C=O) groups is 2. The highest BCUT2D eigenvalue weighted by molar-refractivity contribution is 5.80. The van der Waals surface area contributed by atoms with E-state index in [2.05, 4.69) is 74.7 Å². The van der Waals surface area contributed by atoms with E-state index in [9.17, 15) is 35.1 Å². The molecule has 1 aliphatic rings. The molecule has 8 atom stereocenters. The maximum atomic E-state index is 13.5. The van der Waals surface area contributed by atoms with Gasteiger partial charge in [-0.15, -0.1) is 0 Å². The van der Waals surface area contributed by atoms with E-state index < -0.39 is 67.4 Å². The number of unbranched alkanes of at least 4 members (excludes halogenated alkanes) is 41. The molecule has 0 aromatic heterocycles. The number of allylic oxidation sites excluding steroid dienone is 9. The van der Waals surface area contributed by atoms with Crippen LogP contribution in [0.1, 0.15) is 342 Å². The third kappa shape index (κ3) is 49.2. The van der Waals surface area contributed by atoms with Gasteiger partial charge < -0.3 is 45.1 Å². The van der Waals surface area contributed by atoms with Crippen molar-refractivity contribution in [3.63, 3.8) is 0 Å². The molecule has 86 heavy (non-hydrogen) atoms. The second-order valence-electron chi connectivity index (χ2n) is 25.3. The predicted octanol–water partition coefficient (Wildman–Crippen LogP) is 18.9. The van der Waals surface area contributed by atoms with Gasteiger partial charge in [0, 0.05) is 6.42 Å². The Kier molecular flexibility index (Phi) is 59.2. The smallest absolute Gasteiger partial charge is 0.306 e. The molecule has 1 rings (SSSR count). The van der Waals surface area contributed by atoms with Crippen molar-refractivity contribution in [2.45, 2.75) is 391 Å². The summed E-state index contributed by atoms with van der Waals surface area (Å²) in [5, 5.41) is 57.3. The van der Waals surface area contributed by atoms with E-state index in [-0.39, 0.29) is 13.0 Å². The molecule has 1 amide bonds. The van der Waals surface area contributed by atoms with Crippen LogP contribution in [0.4, 0.5) is 0 Å². The molecule has 11 nitrogen and oxygen atoms in total. The van der Waals surface area contributed by atoms with Crippen LogP contribution in [0.25, 0.3) is 0 Å². The molecule has 1 aliphatic heterocycles. The fourth-order valence-electron chi connectivity index (χ4n) is 11.4. The van der Waals surface area contributed by atoms with Gasteiger partial charge in [-0.05, 0) is 89.9 Å². The molecule has 1 saturated heterocycles. The molecule has 0 aromatic carbocycles. The lowest BCUT2D eigenvalue weighted by molar-refractivity contribution is -0.305. The third-order valence-corrected chi connectivity index (χ3v) is 17.1. The molecule has 502 valence electrons. The Balaban J connectivity index is 2.55. The first-order valence-corrected chi connectivity index (χ1v) is 36.6. The molecule has 11 heteroatoms. The van der Waals surface area contributed by atoms with Crippen LogP contribution in [0.3, 0.4) is 0 Å². The third-order valence-electron chi connectivity index (χ3n) is 17.1. The number of aliphatic hydroxyl groups excluding tert-OH is 5. The van der Waals surface area contributed by atoms with Crippen LogP contribution in [-0.2, 0) is 23.8 Å². The molecular formula is C75H137NO10. The summed E-state index contributed by atoms with van der Waals surface area (Å²) in [6.45, 7) is 5.78. The summed E-state index contributed by atoms with van der Waals surface area (Å²) in [6, 6.07) is -1.03. The number of nitrogens with one attached hydrogen (secondary N) is 1. The SMILES string of the molecule is CCCCC/C=C\C/C=C\CCCCCCCCCCCCCCCCC(O)C(=O)NC(COC1OC(CO)C(O)C(O)C1OC(=O)CCCCCCCCCCCCC/C=C\C/C=C\CCCCC)C(O)/C=C/CCCCCCCCCCCC. The van der Waals surface area contributed by atoms with E-state index in [0.717, 1.165) is 70.6 Å². The largest absolute Gasteiger partial charge is 0.454 e. The van der Waals surface area contributed by atoms with E-state index in [1.54, 1.807) is 6.08 Å². The second-order valence-corrected chi connectivity index (χ2v) is 25.3. The zero-order valence-electron chi connectivity index (χ0n) is 55.9. The predicted molar refractivity (Wildman–Crippen MR) is 361 cm³/mol. The second kappa shape index (κ2) is 62.5. The fraction of sp³-hybridized carbons (Fsp3) is 0.840. The number of carbonyl (C=O) groups excluding carboxylic acids is 2. The number of hydrogen-bond acceptors (Lipinski definition) is 10. The Hall–Kier alpha value is -2.64. The normalized spacial score (nSPS) is 18.6. The Morgan fingerprint density at radius 1 is 0.453 bits per heavy atom. The van der Waals surface area contributed by atoms with Crippen LogP contribution >= 0.6 is 0 Å². The van der Waals surface area contributed by atoms with Gasteiger partial charge >= 0.3 is 5.97 Å². The summed E-state index contributed by atoms with van der Waals surface area (Å²) in [7, 11) is 0. The van der Waals surface area contributed by atoms with Gasteiger partial charge in [0.2, 0.25) is 5.91 Å². The average Bonchev–Trinajstić information content (AvgIpc) is 3.68. The fourth-order valence-corrected chi connectivity index (χ4v) is 11.4. The molecule has 6 N–H and O–H groups in total. The van der Waals surface area contributed by atoms with Gasteiger partial charge in [-0.3, -0.25) is 9.59 Å². The molecule has 0 bridgehead atoms. The van der Waals surface area contributed by atoms with E-state index in [4.69, 9.17) is 14.2 Å². The van der Waals surface area contributed by atoms with Crippen LogP contribution < -0.4 is 5.32 Å². The lowest BCUT2D eigenvalue weighted by Crippen LogP contribution is -2.61. The minimum absolute atomic E-state index is 0.122. The van der Waals surface area contributed by atoms with Crippen molar-refractivity contribution < 1.29 is 49.3 Å². The Bertz CT molecular complexity index is 1630. The van der Waals surface area contributed by atoms with Crippen LogP contribution in [0, 0.1) is 0 Å². The van der Waals surface area contributed by atoms with Crippen molar-refractivity contribution in [3.05, 3.63) is 60.8 Å². The van der Waals surface area contributed by atoms with Crippen molar-refractivity contribution in [1.29, 1.82) is 0 Å². The highest BCUT2D eigenvalue weighted by atomic mass is 16.7. The van der Waals surface area contributed by atoms with Crippen molar-refractivity contribution in [2.75, 3.05) is 13.2 Å². The molecule has 1 heterocycles. The van der Waals surface area contributed by atoms with Gasteiger partial charge in [-0.25, -0.2) is 0 Å². The lowest BCUT2D eigenvalue weighted by Gasteiger charge is -2.41. The quantitative estimate of drug-likeness (QED) is 0.0195. The monoisotopic (exact) mass is 1210 g/mol. The topological polar surface area (TPSA) is 175 Å². The van der Waals surface area contributed by atoms with Crippen molar-refractivity contribution in [3.8, 4) is 0 Å². The summed E-state index contributed by atoms with van der Waals surface area (Å²) in [6.07, 6.45) is 69.7. The molecule has 0 spiro atoms. The number of hydrogen-bond donors (Lipinski definition) is 6. The van der Waals surface area contributed by atoms with Gasteiger partial charge in [0.15, 0.2) is 12.4 Å². The molecule has 0 aliphatic carbocycles. The zero-order chi connectivity index (χ0) is 62.4. The highest BCUT2D eigenvalue weighted by Gasteiger charge is 2.47. The highest BCUT2D eigenvalue weighted by Crippen LogP contribution is 2.26. The van der Waals surface area contributed by atoms with Gasteiger partial charge in [0.25, 0.3) is 0 Å². The van der Waals surface area contributed by atoms with Crippen LogP contribution in [0.2, 0.25) is 0 Å². The number of esters is 1. The van der Waals surface area contributed by atoms with E-state index in [1.807, 2.05) is 6.08 Å². The molecular weight excluding hydrogens is 1070 g/mol. The first-order valence-electron chi connectivity index (χ1n) is 36.6. The Labute approximate surface area is 528 Å². The Morgan fingerprint density at radius 3 is 1.21 bits per heavy atom. The molecule has 0 saturated carbocycles.